The van der Waals surface area contributed by atoms with Crippen LogP contribution in [0.5, 0.6) is 5.75 Å². The molecule has 0 amide bonds. The van der Waals surface area contributed by atoms with Crippen LogP contribution in [0.4, 0.5) is 11.4 Å². The molecular formula is C14H18N2O4. The molecule has 0 fully saturated rings. The summed E-state index contributed by atoms with van der Waals surface area (Å²) in [5, 5.41) is 0. The topological polar surface area (TPSA) is 105 Å². The Labute approximate surface area is 117 Å². The van der Waals surface area contributed by atoms with Gasteiger partial charge in [0, 0.05) is 11.3 Å². The van der Waals surface area contributed by atoms with Crippen molar-refractivity contribution in [3.8, 4) is 5.75 Å². The maximum Gasteiger partial charge on any atom is 0.342 e. The predicted octanol–water partition coefficient (Wildman–Crippen LogP) is 1.90. The van der Waals surface area contributed by atoms with Crippen molar-refractivity contribution in [1.29, 1.82) is 0 Å². The first kappa shape index (κ1) is 15.6. The molecule has 1 aromatic carbocycles. The van der Waals surface area contributed by atoms with Crippen LogP contribution in [0.3, 0.4) is 0 Å². The van der Waals surface area contributed by atoms with Crippen molar-refractivity contribution in [2.75, 3.05) is 18.1 Å². The Bertz CT molecular complexity index is 552. The molecule has 0 unspecified atom stereocenters. The van der Waals surface area contributed by atoms with E-state index in [1.165, 1.54) is 19.1 Å². The summed E-state index contributed by atoms with van der Waals surface area (Å²) in [6.45, 7) is 7.07. The van der Waals surface area contributed by atoms with Gasteiger partial charge in [0.25, 0.3) is 0 Å². The number of hydrogen-bond donors (Lipinski definition) is 2. The molecule has 0 saturated heterocycles. The first-order chi connectivity index (χ1) is 9.36. The number of carbonyl (C=O) groups is 2. The number of carbonyl (C=O) groups excluding carboxylic acids is 2. The number of anilines is 2. The van der Waals surface area contributed by atoms with Crippen LogP contribution in [-0.4, -0.2) is 18.5 Å². The minimum Gasteiger partial charge on any atom is -0.462 e. The van der Waals surface area contributed by atoms with Crippen LogP contribution in [0.25, 0.3) is 0 Å². The summed E-state index contributed by atoms with van der Waals surface area (Å²) in [5.41, 5.74) is 12.0. The van der Waals surface area contributed by atoms with Gasteiger partial charge in [0.05, 0.1) is 12.3 Å². The molecule has 0 aliphatic heterocycles. The summed E-state index contributed by atoms with van der Waals surface area (Å²) in [4.78, 5) is 23.5. The van der Waals surface area contributed by atoms with E-state index in [0.717, 1.165) is 0 Å². The van der Waals surface area contributed by atoms with E-state index in [2.05, 4.69) is 6.58 Å². The van der Waals surface area contributed by atoms with Crippen molar-refractivity contribution in [2.24, 2.45) is 0 Å². The molecule has 0 heterocycles. The summed E-state index contributed by atoms with van der Waals surface area (Å²) < 4.78 is 10.1. The molecule has 0 aromatic heterocycles. The molecule has 6 heteroatoms. The molecule has 0 atom stereocenters. The van der Waals surface area contributed by atoms with Gasteiger partial charge in [-0.1, -0.05) is 13.5 Å². The standard InChI is InChI=1S/C14H18N2O4/c1-4-5-19-14(18)10-6-9(15)7-11(16)12(10)20-13(17)8(2)3/h6-7H,2,4-5,15-16H2,1,3H3. The average molecular weight is 278 g/mol. The Hall–Kier alpha value is -2.50. The molecule has 4 N–H and O–H groups in total. The van der Waals surface area contributed by atoms with Crippen molar-refractivity contribution in [3.63, 3.8) is 0 Å². The van der Waals surface area contributed by atoms with Crippen molar-refractivity contribution < 1.29 is 19.1 Å². The fourth-order valence-electron chi connectivity index (χ4n) is 1.39. The second kappa shape index (κ2) is 6.60. The van der Waals surface area contributed by atoms with Crippen molar-refractivity contribution in [3.05, 3.63) is 29.8 Å². The van der Waals surface area contributed by atoms with Crippen LogP contribution in [0.15, 0.2) is 24.3 Å². The molecule has 0 radical (unpaired) electrons. The van der Waals surface area contributed by atoms with Crippen LogP contribution in [0, 0.1) is 0 Å². The highest BCUT2D eigenvalue weighted by Crippen LogP contribution is 2.30. The van der Waals surface area contributed by atoms with Crippen LogP contribution in [0.2, 0.25) is 0 Å². The number of ether oxygens (including phenoxy) is 2. The van der Waals surface area contributed by atoms with Gasteiger partial charge in [0.2, 0.25) is 0 Å². The molecule has 0 bridgehead atoms. The number of esters is 2. The lowest BCUT2D eigenvalue weighted by Crippen LogP contribution is -2.15. The van der Waals surface area contributed by atoms with E-state index in [-0.39, 0.29) is 34.9 Å². The van der Waals surface area contributed by atoms with Crippen molar-refractivity contribution in [2.45, 2.75) is 20.3 Å². The number of benzene rings is 1. The van der Waals surface area contributed by atoms with Crippen LogP contribution in [0.1, 0.15) is 30.6 Å². The molecule has 0 aliphatic rings. The monoisotopic (exact) mass is 278 g/mol. The van der Waals surface area contributed by atoms with E-state index in [4.69, 9.17) is 20.9 Å². The van der Waals surface area contributed by atoms with Gasteiger partial charge in [-0.2, -0.15) is 0 Å². The molecule has 108 valence electrons. The van der Waals surface area contributed by atoms with Gasteiger partial charge in [-0.3, -0.25) is 0 Å². The smallest absolute Gasteiger partial charge is 0.342 e. The third-order valence-electron chi connectivity index (χ3n) is 2.34. The maximum atomic E-state index is 11.9. The van der Waals surface area contributed by atoms with Gasteiger partial charge in [-0.25, -0.2) is 9.59 Å². The van der Waals surface area contributed by atoms with Crippen molar-refractivity contribution in [1.82, 2.24) is 0 Å². The minimum atomic E-state index is -0.675. The molecule has 0 saturated carbocycles. The number of hydrogen-bond acceptors (Lipinski definition) is 6. The minimum absolute atomic E-state index is 0.0190. The average Bonchev–Trinajstić information content (AvgIpc) is 2.38. The summed E-state index contributed by atoms with van der Waals surface area (Å²) in [7, 11) is 0. The van der Waals surface area contributed by atoms with Gasteiger partial charge in [0.1, 0.15) is 5.56 Å². The van der Waals surface area contributed by atoms with E-state index in [1.807, 2.05) is 6.92 Å². The quantitative estimate of drug-likeness (QED) is 0.369. The van der Waals surface area contributed by atoms with Gasteiger partial charge in [0.15, 0.2) is 5.75 Å². The summed E-state index contributed by atoms with van der Waals surface area (Å²) >= 11 is 0. The van der Waals surface area contributed by atoms with Crippen LogP contribution in [-0.2, 0) is 9.53 Å². The van der Waals surface area contributed by atoms with E-state index in [9.17, 15) is 9.59 Å². The predicted molar refractivity (Wildman–Crippen MR) is 76.3 cm³/mol. The molecule has 6 nitrogen and oxygen atoms in total. The van der Waals surface area contributed by atoms with Gasteiger partial charge in [-0.05, 0) is 25.5 Å². The first-order valence-electron chi connectivity index (χ1n) is 6.10. The Morgan fingerprint density at radius 1 is 1.30 bits per heavy atom. The lowest BCUT2D eigenvalue weighted by Gasteiger charge is -2.13. The largest absolute Gasteiger partial charge is 0.462 e. The number of rotatable bonds is 5. The van der Waals surface area contributed by atoms with E-state index in [0.29, 0.717) is 6.42 Å². The zero-order valence-electron chi connectivity index (χ0n) is 11.6. The summed E-state index contributed by atoms with van der Waals surface area (Å²) in [6.07, 6.45) is 0.671. The molecule has 1 rings (SSSR count). The highest BCUT2D eigenvalue weighted by atomic mass is 16.5. The zero-order valence-corrected chi connectivity index (χ0v) is 11.6. The first-order valence-corrected chi connectivity index (χ1v) is 6.10. The van der Waals surface area contributed by atoms with E-state index < -0.39 is 11.9 Å². The van der Waals surface area contributed by atoms with Gasteiger partial charge >= 0.3 is 11.9 Å². The summed E-state index contributed by atoms with van der Waals surface area (Å²) in [6, 6.07) is 2.76. The third kappa shape index (κ3) is 3.74. The zero-order chi connectivity index (χ0) is 15.3. The lowest BCUT2D eigenvalue weighted by atomic mass is 10.1. The SMILES string of the molecule is C=C(C)C(=O)Oc1c(N)cc(N)cc1C(=O)OCCC. The lowest BCUT2D eigenvalue weighted by molar-refractivity contribution is -0.130. The molecule has 1 aromatic rings. The highest BCUT2D eigenvalue weighted by molar-refractivity contribution is 5.98. The maximum absolute atomic E-state index is 11.9. The molecule has 20 heavy (non-hydrogen) atoms. The fourth-order valence-corrected chi connectivity index (χ4v) is 1.39. The third-order valence-corrected chi connectivity index (χ3v) is 2.34. The molecule has 0 spiro atoms. The Balaban J connectivity index is 3.17. The second-order valence-corrected chi connectivity index (χ2v) is 4.29. The Kier molecular flexibility index (Phi) is 5.14. The van der Waals surface area contributed by atoms with Crippen LogP contribution >= 0.6 is 0 Å². The van der Waals surface area contributed by atoms with E-state index >= 15 is 0 Å². The Morgan fingerprint density at radius 2 is 1.95 bits per heavy atom. The van der Waals surface area contributed by atoms with E-state index in [1.54, 1.807) is 0 Å². The normalized spacial score (nSPS) is 9.90. The highest BCUT2D eigenvalue weighted by Gasteiger charge is 2.20. The Morgan fingerprint density at radius 3 is 2.50 bits per heavy atom. The van der Waals surface area contributed by atoms with Crippen molar-refractivity contribution >= 4 is 23.3 Å². The second-order valence-electron chi connectivity index (χ2n) is 4.29. The molecule has 0 aliphatic carbocycles. The number of nitrogens with two attached hydrogens (primary N) is 2. The van der Waals surface area contributed by atoms with Gasteiger partial charge in [-0.15, -0.1) is 0 Å². The fraction of sp³-hybridized carbons (Fsp3) is 0.286. The number of nitrogen functional groups attached to an aromatic ring is 2. The summed E-state index contributed by atoms with van der Waals surface area (Å²) in [5.74, 6) is -1.38. The van der Waals surface area contributed by atoms with Crippen LogP contribution < -0.4 is 16.2 Å². The molecular weight excluding hydrogens is 260 g/mol. The van der Waals surface area contributed by atoms with Gasteiger partial charge < -0.3 is 20.9 Å².